The Bertz CT molecular complexity index is 565. The summed E-state index contributed by atoms with van der Waals surface area (Å²) in [6, 6.07) is 7.26. The van der Waals surface area contributed by atoms with Crippen LogP contribution in [-0.4, -0.2) is 39.8 Å². The van der Waals surface area contributed by atoms with Crippen LogP contribution in [0.15, 0.2) is 30.5 Å². The van der Waals surface area contributed by atoms with Gasteiger partial charge in [0.2, 0.25) is 0 Å². The number of aryl methyl sites for hydroxylation is 1. The Morgan fingerprint density at radius 2 is 2.00 bits per heavy atom. The number of nitrogens with zero attached hydrogens (tertiary/aromatic N) is 3. The molecule has 0 spiro atoms. The molecule has 0 radical (unpaired) electrons. The Kier molecular flexibility index (Phi) is 4.54. The van der Waals surface area contributed by atoms with Gasteiger partial charge in [0, 0.05) is 13.0 Å². The van der Waals surface area contributed by atoms with E-state index in [1.165, 1.54) is 10.9 Å². The Labute approximate surface area is 115 Å². The van der Waals surface area contributed by atoms with Gasteiger partial charge >= 0.3 is 5.97 Å². The van der Waals surface area contributed by atoms with Crippen LogP contribution in [0.4, 0.5) is 0 Å². The number of carbonyl (C=O) groups is 1. The van der Waals surface area contributed by atoms with Gasteiger partial charge in [-0.2, -0.15) is 0 Å². The third-order valence-electron chi connectivity index (χ3n) is 2.68. The predicted octanol–water partition coefficient (Wildman–Crippen LogP) is 1.45. The molecule has 1 N–H and O–H groups in total. The molecule has 0 saturated heterocycles. The summed E-state index contributed by atoms with van der Waals surface area (Å²) in [4.78, 5) is 10.9. The number of methoxy groups -OCH3 is 1. The van der Waals surface area contributed by atoms with Crippen molar-refractivity contribution >= 4 is 5.97 Å². The van der Waals surface area contributed by atoms with E-state index in [4.69, 9.17) is 14.6 Å². The summed E-state index contributed by atoms with van der Waals surface area (Å²) in [5, 5.41) is 16.2. The number of hydrogen-bond donors (Lipinski definition) is 1. The molecular formula is C13H15N3O4. The second-order valence-corrected chi connectivity index (χ2v) is 4.03. The molecule has 106 valence electrons. The summed E-state index contributed by atoms with van der Waals surface area (Å²) >= 11 is 0. The summed E-state index contributed by atoms with van der Waals surface area (Å²) in [6.45, 7) is 0.906. The molecular weight excluding hydrogens is 262 g/mol. The molecule has 1 aromatic heterocycles. The van der Waals surface area contributed by atoms with Crippen molar-refractivity contribution in [1.82, 2.24) is 15.0 Å². The van der Waals surface area contributed by atoms with Crippen molar-refractivity contribution in [3.63, 3.8) is 0 Å². The van der Waals surface area contributed by atoms with Crippen LogP contribution in [0, 0.1) is 0 Å². The van der Waals surface area contributed by atoms with Gasteiger partial charge in [-0.25, -0.2) is 9.48 Å². The molecule has 7 heteroatoms. The largest absolute Gasteiger partial charge is 0.497 e. The Morgan fingerprint density at radius 3 is 2.65 bits per heavy atom. The van der Waals surface area contributed by atoms with Crippen molar-refractivity contribution in [2.24, 2.45) is 0 Å². The maximum absolute atomic E-state index is 10.9. The monoisotopic (exact) mass is 277 g/mol. The van der Waals surface area contributed by atoms with Gasteiger partial charge in [0.05, 0.1) is 19.9 Å². The molecule has 0 atom stereocenters. The van der Waals surface area contributed by atoms with Crippen molar-refractivity contribution < 1.29 is 19.4 Å². The van der Waals surface area contributed by atoms with Gasteiger partial charge in [-0.1, -0.05) is 5.21 Å². The van der Waals surface area contributed by atoms with E-state index in [9.17, 15) is 4.79 Å². The van der Waals surface area contributed by atoms with E-state index in [1.807, 2.05) is 24.3 Å². The van der Waals surface area contributed by atoms with Crippen molar-refractivity contribution in [1.29, 1.82) is 0 Å². The first-order valence-corrected chi connectivity index (χ1v) is 6.09. The summed E-state index contributed by atoms with van der Waals surface area (Å²) in [7, 11) is 1.61. The van der Waals surface area contributed by atoms with Crippen LogP contribution in [0.2, 0.25) is 0 Å². The van der Waals surface area contributed by atoms with Gasteiger partial charge in [0.15, 0.2) is 5.69 Å². The molecule has 0 aliphatic carbocycles. The average molecular weight is 277 g/mol. The zero-order valence-corrected chi connectivity index (χ0v) is 11.0. The smallest absolute Gasteiger partial charge is 0.355 e. The molecule has 0 fully saturated rings. The summed E-state index contributed by atoms with van der Waals surface area (Å²) in [6.07, 6.45) is 1.86. The number of hydrogen-bond acceptors (Lipinski definition) is 5. The summed E-state index contributed by atoms with van der Waals surface area (Å²) in [5.74, 6) is 0.472. The summed E-state index contributed by atoms with van der Waals surface area (Å²) < 4.78 is 11.9. The minimum absolute atomic E-state index is 0.0782. The fraction of sp³-hybridized carbons (Fsp3) is 0.308. The number of ether oxygens (including phenoxy) is 2. The van der Waals surface area contributed by atoms with Gasteiger partial charge < -0.3 is 14.6 Å². The van der Waals surface area contributed by atoms with E-state index in [0.717, 1.165) is 11.5 Å². The van der Waals surface area contributed by atoms with Crippen LogP contribution in [0.25, 0.3) is 0 Å². The van der Waals surface area contributed by atoms with E-state index < -0.39 is 5.97 Å². The number of aromatic nitrogens is 3. The third-order valence-corrected chi connectivity index (χ3v) is 2.68. The number of benzene rings is 1. The van der Waals surface area contributed by atoms with Crippen LogP contribution in [0.3, 0.4) is 0 Å². The van der Waals surface area contributed by atoms with Crippen molar-refractivity contribution in [3.05, 3.63) is 36.2 Å². The summed E-state index contributed by atoms with van der Waals surface area (Å²) in [5.41, 5.74) is 0.0782. The van der Waals surface area contributed by atoms with E-state index in [0.29, 0.717) is 19.6 Å². The predicted molar refractivity (Wildman–Crippen MR) is 70.1 cm³/mol. The van der Waals surface area contributed by atoms with Gasteiger partial charge in [-0.15, -0.1) is 5.10 Å². The van der Waals surface area contributed by atoms with E-state index in [-0.39, 0.29) is 5.69 Å². The lowest BCUT2D eigenvalue weighted by Gasteiger charge is -2.07. The van der Waals surface area contributed by atoms with Gasteiger partial charge in [0.25, 0.3) is 0 Å². The molecule has 0 aliphatic heterocycles. The SMILES string of the molecule is COc1ccc(OCCCn2nncc2C(=O)O)cc1. The molecule has 1 aromatic carbocycles. The van der Waals surface area contributed by atoms with Crippen molar-refractivity contribution in [3.8, 4) is 11.5 Å². The van der Waals surface area contributed by atoms with Gasteiger partial charge in [-0.3, -0.25) is 0 Å². The van der Waals surface area contributed by atoms with E-state index >= 15 is 0 Å². The first-order valence-electron chi connectivity index (χ1n) is 6.09. The first kappa shape index (κ1) is 13.9. The van der Waals surface area contributed by atoms with Gasteiger partial charge in [-0.05, 0) is 24.3 Å². The zero-order chi connectivity index (χ0) is 14.4. The molecule has 0 amide bonds. The van der Waals surface area contributed by atoms with Crippen molar-refractivity contribution in [2.45, 2.75) is 13.0 Å². The van der Waals surface area contributed by atoms with Crippen LogP contribution >= 0.6 is 0 Å². The quantitative estimate of drug-likeness (QED) is 0.771. The number of aromatic carboxylic acids is 1. The Hall–Kier alpha value is -2.57. The maximum atomic E-state index is 10.9. The normalized spacial score (nSPS) is 10.2. The fourth-order valence-electron chi connectivity index (χ4n) is 1.66. The highest BCUT2D eigenvalue weighted by atomic mass is 16.5. The van der Waals surface area contributed by atoms with E-state index in [2.05, 4.69) is 10.3 Å². The highest BCUT2D eigenvalue weighted by Crippen LogP contribution is 2.17. The molecule has 1 heterocycles. The van der Waals surface area contributed by atoms with Crippen LogP contribution in [-0.2, 0) is 6.54 Å². The second-order valence-electron chi connectivity index (χ2n) is 4.03. The Morgan fingerprint density at radius 1 is 1.30 bits per heavy atom. The molecule has 2 aromatic rings. The minimum atomic E-state index is -1.04. The molecule has 7 nitrogen and oxygen atoms in total. The first-order chi connectivity index (χ1) is 9.70. The average Bonchev–Trinajstić information content (AvgIpc) is 2.93. The van der Waals surface area contributed by atoms with Crippen LogP contribution in [0.5, 0.6) is 11.5 Å². The fourth-order valence-corrected chi connectivity index (χ4v) is 1.66. The molecule has 0 unspecified atom stereocenters. The highest BCUT2D eigenvalue weighted by molar-refractivity contribution is 5.85. The molecule has 0 saturated carbocycles. The molecule has 0 bridgehead atoms. The number of carboxylic acid groups (broad SMARTS) is 1. The maximum Gasteiger partial charge on any atom is 0.355 e. The zero-order valence-electron chi connectivity index (χ0n) is 11.0. The number of rotatable bonds is 7. The highest BCUT2D eigenvalue weighted by Gasteiger charge is 2.10. The second kappa shape index (κ2) is 6.55. The topological polar surface area (TPSA) is 86.5 Å². The van der Waals surface area contributed by atoms with Crippen LogP contribution < -0.4 is 9.47 Å². The van der Waals surface area contributed by atoms with E-state index in [1.54, 1.807) is 7.11 Å². The Balaban J connectivity index is 1.78. The van der Waals surface area contributed by atoms with Crippen molar-refractivity contribution in [2.75, 3.05) is 13.7 Å². The standard InChI is InChI=1S/C13H15N3O4/c1-19-10-3-5-11(6-4-10)20-8-2-7-16-12(13(17)18)9-14-15-16/h3-6,9H,2,7-8H2,1H3,(H,17,18). The molecule has 0 aliphatic rings. The van der Waals surface area contributed by atoms with Gasteiger partial charge in [0.1, 0.15) is 11.5 Å². The third kappa shape index (κ3) is 3.47. The molecule has 20 heavy (non-hydrogen) atoms. The minimum Gasteiger partial charge on any atom is -0.497 e. The number of carboxylic acids is 1. The lowest BCUT2D eigenvalue weighted by molar-refractivity contribution is 0.0682. The van der Waals surface area contributed by atoms with Crippen LogP contribution in [0.1, 0.15) is 16.9 Å². The lowest BCUT2D eigenvalue weighted by atomic mass is 10.3. The lowest BCUT2D eigenvalue weighted by Crippen LogP contribution is -2.12. The molecule has 2 rings (SSSR count).